The average Bonchev–Trinajstić information content (AvgIpc) is 2.17. The molecule has 5 nitrogen and oxygen atoms in total. The summed E-state index contributed by atoms with van der Waals surface area (Å²) in [6.45, 7) is 0. The zero-order valence-corrected chi connectivity index (χ0v) is 10.7. The topological polar surface area (TPSA) is 72.5 Å². The van der Waals surface area contributed by atoms with Crippen LogP contribution in [0.5, 0.6) is 0 Å². The molecule has 7 heteroatoms. The van der Waals surface area contributed by atoms with Crippen LogP contribution in [0.3, 0.4) is 0 Å². The van der Waals surface area contributed by atoms with Gasteiger partial charge in [-0.15, -0.1) is 0 Å². The number of hydrogen-bond donors (Lipinski definition) is 1. The van der Waals surface area contributed by atoms with Crippen molar-refractivity contribution in [3.05, 3.63) is 27.8 Å². The Bertz CT molecular complexity index is 471. The standard InChI is InChI=1S/C8H8INO4S/c1-14-8(11)10-15(12,13)7-5-3-2-4-6(7)9/h2-5H,1H3,(H,10,11). The summed E-state index contributed by atoms with van der Waals surface area (Å²) in [6, 6.07) is 6.33. The Hall–Kier alpha value is -0.830. The molecule has 0 spiro atoms. The molecular formula is C8H8INO4S. The molecule has 0 saturated heterocycles. The van der Waals surface area contributed by atoms with Crippen molar-refractivity contribution in [1.82, 2.24) is 4.72 Å². The summed E-state index contributed by atoms with van der Waals surface area (Å²) in [5, 5.41) is 0. The Balaban J connectivity index is 3.07. The molecule has 0 heterocycles. The number of hydrogen-bond acceptors (Lipinski definition) is 4. The molecule has 0 saturated carbocycles. The second kappa shape index (κ2) is 4.79. The van der Waals surface area contributed by atoms with Crippen molar-refractivity contribution in [2.24, 2.45) is 0 Å². The Morgan fingerprint density at radius 2 is 2.00 bits per heavy atom. The minimum atomic E-state index is -3.83. The molecule has 15 heavy (non-hydrogen) atoms. The molecule has 0 aliphatic carbocycles. The van der Waals surface area contributed by atoms with Gasteiger partial charge in [-0.2, -0.15) is 0 Å². The molecule has 0 aliphatic heterocycles. The van der Waals surface area contributed by atoms with Crippen LogP contribution in [0, 0.1) is 3.57 Å². The molecule has 82 valence electrons. The molecule has 0 aliphatic rings. The van der Waals surface area contributed by atoms with E-state index >= 15 is 0 Å². The lowest BCUT2D eigenvalue weighted by Crippen LogP contribution is -2.30. The average molecular weight is 341 g/mol. The van der Waals surface area contributed by atoms with Gasteiger partial charge in [-0.05, 0) is 34.7 Å². The second-order valence-corrected chi connectivity index (χ2v) is 5.34. The highest BCUT2D eigenvalue weighted by atomic mass is 127. The number of nitrogens with one attached hydrogen (secondary N) is 1. The monoisotopic (exact) mass is 341 g/mol. The quantitative estimate of drug-likeness (QED) is 0.824. The van der Waals surface area contributed by atoms with Gasteiger partial charge in [-0.25, -0.2) is 17.9 Å². The zero-order valence-electron chi connectivity index (χ0n) is 7.73. The summed E-state index contributed by atoms with van der Waals surface area (Å²) >= 11 is 1.87. The van der Waals surface area contributed by atoms with Gasteiger partial charge in [0.25, 0.3) is 10.0 Å². The van der Waals surface area contributed by atoms with Crippen molar-refractivity contribution in [3.8, 4) is 0 Å². The number of methoxy groups -OCH3 is 1. The fraction of sp³-hybridized carbons (Fsp3) is 0.125. The molecule has 0 unspecified atom stereocenters. The highest BCUT2D eigenvalue weighted by Gasteiger charge is 2.19. The predicted molar refractivity (Wildman–Crippen MR) is 61.9 cm³/mol. The van der Waals surface area contributed by atoms with Gasteiger partial charge in [0.15, 0.2) is 0 Å². The Morgan fingerprint density at radius 1 is 1.40 bits per heavy atom. The molecule has 0 aromatic heterocycles. The third-order valence-corrected chi connectivity index (χ3v) is 4.21. The van der Waals surface area contributed by atoms with Crippen molar-refractivity contribution in [3.63, 3.8) is 0 Å². The first-order valence-corrected chi connectivity index (χ1v) is 6.39. The van der Waals surface area contributed by atoms with Crippen LogP contribution in [0.2, 0.25) is 0 Å². The van der Waals surface area contributed by atoms with Crippen LogP contribution in [0.15, 0.2) is 29.2 Å². The van der Waals surface area contributed by atoms with E-state index in [0.717, 1.165) is 7.11 Å². The van der Waals surface area contributed by atoms with E-state index in [1.54, 1.807) is 22.9 Å². The summed E-state index contributed by atoms with van der Waals surface area (Å²) in [6.07, 6.45) is -1.00. The van der Waals surface area contributed by atoms with Crippen LogP contribution >= 0.6 is 22.6 Å². The third-order valence-electron chi connectivity index (χ3n) is 1.53. The third kappa shape index (κ3) is 3.06. The van der Waals surface area contributed by atoms with Crippen LogP contribution in [0.25, 0.3) is 0 Å². The lowest BCUT2D eigenvalue weighted by molar-refractivity contribution is 0.177. The maximum Gasteiger partial charge on any atom is 0.420 e. The second-order valence-electron chi connectivity index (χ2n) is 2.53. The SMILES string of the molecule is COC(=O)NS(=O)(=O)c1ccccc1I. The molecule has 0 bridgehead atoms. The molecule has 0 atom stereocenters. The summed E-state index contributed by atoms with van der Waals surface area (Å²) in [5.41, 5.74) is 0. The largest absolute Gasteiger partial charge is 0.452 e. The summed E-state index contributed by atoms with van der Waals surface area (Å²) < 4.78 is 29.7. The first-order valence-electron chi connectivity index (χ1n) is 3.82. The van der Waals surface area contributed by atoms with E-state index < -0.39 is 16.1 Å². The summed E-state index contributed by atoms with van der Waals surface area (Å²) in [7, 11) is -2.74. The minimum absolute atomic E-state index is 0.0519. The van der Waals surface area contributed by atoms with Gasteiger partial charge in [-0.1, -0.05) is 12.1 Å². The lowest BCUT2D eigenvalue weighted by Gasteiger charge is -2.06. The van der Waals surface area contributed by atoms with Crippen LogP contribution in [-0.4, -0.2) is 21.6 Å². The van der Waals surface area contributed by atoms with Crippen molar-refractivity contribution < 1.29 is 17.9 Å². The smallest absolute Gasteiger partial charge is 0.420 e. The molecule has 0 radical (unpaired) electrons. The van der Waals surface area contributed by atoms with Crippen molar-refractivity contribution in [2.75, 3.05) is 7.11 Å². The maximum atomic E-state index is 11.6. The molecule has 0 fully saturated rings. The molecule has 1 aromatic rings. The number of halogens is 1. The predicted octanol–water partition coefficient (Wildman–Crippen LogP) is 1.34. The van der Waals surface area contributed by atoms with E-state index in [9.17, 15) is 13.2 Å². The number of carbonyl (C=O) groups is 1. The van der Waals surface area contributed by atoms with E-state index in [0.29, 0.717) is 3.57 Å². The number of sulfonamides is 1. The minimum Gasteiger partial charge on any atom is -0.452 e. The molecular weight excluding hydrogens is 333 g/mol. The maximum absolute atomic E-state index is 11.6. The number of ether oxygens (including phenoxy) is 1. The Morgan fingerprint density at radius 3 is 2.53 bits per heavy atom. The van der Waals surface area contributed by atoms with Crippen molar-refractivity contribution in [1.29, 1.82) is 0 Å². The molecule has 1 amide bonds. The van der Waals surface area contributed by atoms with Gasteiger partial charge in [0.2, 0.25) is 0 Å². The van der Waals surface area contributed by atoms with Crippen LogP contribution in [-0.2, 0) is 14.8 Å². The zero-order chi connectivity index (χ0) is 11.5. The van der Waals surface area contributed by atoms with E-state index in [-0.39, 0.29) is 4.90 Å². The number of carbonyl (C=O) groups excluding carboxylic acids is 1. The lowest BCUT2D eigenvalue weighted by atomic mass is 10.4. The summed E-state index contributed by atoms with van der Waals surface area (Å²) in [5.74, 6) is 0. The van der Waals surface area contributed by atoms with E-state index in [4.69, 9.17) is 0 Å². The number of amides is 1. The first-order chi connectivity index (χ1) is 6.97. The highest BCUT2D eigenvalue weighted by molar-refractivity contribution is 14.1. The van der Waals surface area contributed by atoms with Gasteiger partial charge in [0, 0.05) is 3.57 Å². The molecule has 1 aromatic carbocycles. The van der Waals surface area contributed by atoms with Crippen LogP contribution < -0.4 is 4.72 Å². The fourth-order valence-electron chi connectivity index (χ4n) is 0.869. The van der Waals surface area contributed by atoms with Crippen LogP contribution in [0.4, 0.5) is 4.79 Å². The first kappa shape index (κ1) is 12.2. The van der Waals surface area contributed by atoms with Gasteiger partial charge in [0.1, 0.15) is 4.90 Å². The van der Waals surface area contributed by atoms with Gasteiger partial charge < -0.3 is 4.74 Å². The van der Waals surface area contributed by atoms with Gasteiger partial charge in [0.05, 0.1) is 7.11 Å². The van der Waals surface area contributed by atoms with Gasteiger partial charge >= 0.3 is 6.09 Å². The van der Waals surface area contributed by atoms with E-state index in [1.165, 1.54) is 6.07 Å². The highest BCUT2D eigenvalue weighted by Crippen LogP contribution is 2.16. The van der Waals surface area contributed by atoms with Crippen molar-refractivity contribution >= 4 is 38.7 Å². The normalized spacial score (nSPS) is 10.8. The van der Waals surface area contributed by atoms with Gasteiger partial charge in [-0.3, -0.25) is 0 Å². The summed E-state index contributed by atoms with van der Waals surface area (Å²) in [4.78, 5) is 10.8. The Labute approximate surface area is 101 Å². The fourth-order valence-corrected chi connectivity index (χ4v) is 3.12. The van der Waals surface area contributed by atoms with E-state index in [2.05, 4.69) is 4.74 Å². The van der Waals surface area contributed by atoms with E-state index in [1.807, 2.05) is 22.6 Å². The van der Waals surface area contributed by atoms with Crippen LogP contribution in [0.1, 0.15) is 0 Å². The molecule has 1 rings (SSSR count). The Kier molecular flexibility index (Phi) is 3.91. The van der Waals surface area contributed by atoms with Crippen molar-refractivity contribution in [2.45, 2.75) is 4.90 Å². The number of rotatable bonds is 2. The number of benzene rings is 1. The molecule has 1 N–H and O–H groups in total.